The van der Waals surface area contributed by atoms with Gasteiger partial charge in [-0.2, -0.15) is 5.10 Å². The molecule has 12 heavy (non-hydrogen) atoms. The molecule has 0 aromatic carbocycles. The van der Waals surface area contributed by atoms with Crippen molar-refractivity contribution in [3.05, 3.63) is 24.2 Å². The van der Waals surface area contributed by atoms with E-state index in [1.165, 1.54) is 23.9 Å². The Hall–Kier alpha value is -1.38. The van der Waals surface area contributed by atoms with Crippen LogP contribution in [0.25, 0.3) is 10.9 Å². The third-order valence-electron chi connectivity index (χ3n) is 2.34. The van der Waals surface area contributed by atoms with E-state index in [1.54, 1.807) is 0 Å². The number of pyridine rings is 1. The maximum absolute atomic E-state index is 4.37. The summed E-state index contributed by atoms with van der Waals surface area (Å²) in [6.45, 7) is 0. The molecular formula is C9H9N3. The first-order valence-electron chi connectivity index (χ1n) is 4.22. The number of nitrogens with one attached hydrogen (secondary N) is 1. The summed E-state index contributed by atoms with van der Waals surface area (Å²) in [6.07, 6.45) is 6.32. The minimum atomic E-state index is 0.726. The number of H-pyrrole nitrogens is 1. The molecule has 3 nitrogen and oxygen atoms in total. The molecular weight excluding hydrogens is 150 g/mol. The average molecular weight is 159 g/mol. The lowest BCUT2D eigenvalue weighted by molar-refractivity contribution is 1.03. The minimum absolute atomic E-state index is 0.726. The van der Waals surface area contributed by atoms with Crippen molar-refractivity contribution in [3.63, 3.8) is 0 Å². The molecule has 0 unspecified atom stereocenters. The third kappa shape index (κ3) is 0.826. The molecule has 0 spiro atoms. The number of aromatic nitrogens is 3. The van der Waals surface area contributed by atoms with Crippen LogP contribution in [0.4, 0.5) is 0 Å². The zero-order chi connectivity index (χ0) is 7.97. The van der Waals surface area contributed by atoms with Crippen molar-refractivity contribution in [2.75, 3.05) is 0 Å². The Balaban J connectivity index is 2.21. The van der Waals surface area contributed by atoms with Gasteiger partial charge in [0.15, 0.2) is 0 Å². The van der Waals surface area contributed by atoms with Crippen molar-refractivity contribution >= 4 is 10.9 Å². The molecule has 2 heterocycles. The fourth-order valence-electron chi connectivity index (χ4n) is 1.46. The Morgan fingerprint density at radius 1 is 1.33 bits per heavy atom. The quantitative estimate of drug-likeness (QED) is 0.689. The Labute approximate surface area is 69.8 Å². The summed E-state index contributed by atoms with van der Waals surface area (Å²) in [4.78, 5) is 4.37. The van der Waals surface area contributed by atoms with Crippen LogP contribution in [0.3, 0.4) is 0 Å². The van der Waals surface area contributed by atoms with Gasteiger partial charge in [-0.1, -0.05) is 0 Å². The van der Waals surface area contributed by atoms with Crippen LogP contribution in [0.1, 0.15) is 24.5 Å². The molecule has 3 heteroatoms. The third-order valence-corrected chi connectivity index (χ3v) is 2.34. The first-order chi connectivity index (χ1) is 5.93. The van der Waals surface area contributed by atoms with Crippen molar-refractivity contribution in [1.29, 1.82) is 0 Å². The summed E-state index contributed by atoms with van der Waals surface area (Å²) in [6, 6.07) is 2.14. The van der Waals surface area contributed by atoms with Gasteiger partial charge in [0.05, 0.1) is 17.9 Å². The standard InChI is InChI=1S/C9H9N3/c1-2-6(1)8-3-7-4-11-12-9(7)5-10-8/h3-6H,1-2H2,(H,11,12). The molecule has 1 fully saturated rings. The van der Waals surface area contributed by atoms with Gasteiger partial charge < -0.3 is 0 Å². The number of nitrogens with zero attached hydrogens (tertiary/aromatic N) is 2. The predicted octanol–water partition coefficient (Wildman–Crippen LogP) is 1.84. The van der Waals surface area contributed by atoms with Crippen LogP contribution < -0.4 is 0 Å². The molecule has 0 bridgehead atoms. The van der Waals surface area contributed by atoms with Gasteiger partial charge in [-0.25, -0.2) is 0 Å². The van der Waals surface area contributed by atoms with E-state index in [2.05, 4.69) is 21.2 Å². The Morgan fingerprint density at radius 2 is 2.25 bits per heavy atom. The zero-order valence-electron chi connectivity index (χ0n) is 6.62. The topological polar surface area (TPSA) is 41.6 Å². The van der Waals surface area contributed by atoms with Gasteiger partial charge in [0.2, 0.25) is 0 Å². The Kier molecular flexibility index (Phi) is 1.06. The normalized spacial score (nSPS) is 17.0. The number of fused-ring (bicyclic) bond motifs is 1. The molecule has 1 aliphatic carbocycles. The van der Waals surface area contributed by atoms with Crippen LogP contribution in [-0.2, 0) is 0 Å². The smallest absolute Gasteiger partial charge is 0.0833 e. The monoisotopic (exact) mass is 159 g/mol. The SMILES string of the molecule is c1n[nH]c2cnc(C3CC3)cc12. The maximum Gasteiger partial charge on any atom is 0.0833 e. The molecule has 1 saturated carbocycles. The number of hydrogen-bond acceptors (Lipinski definition) is 2. The largest absolute Gasteiger partial charge is 0.276 e. The summed E-state index contributed by atoms with van der Waals surface area (Å²) < 4.78 is 0. The molecule has 0 amide bonds. The summed E-state index contributed by atoms with van der Waals surface area (Å²) in [5, 5.41) is 8.02. The average Bonchev–Trinajstić information content (AvgIpc) is 2.84. The molecule has 1 N–H and O–H groups in total. The maximum atomic E-state index is 4.37. The Bertz CT molecular complexity index is 414. The van der Waals surface area contributed by atoms with Gasteiger partial charge in [-0.3, -0.25) is 10.1 Å². The van der Waals surface area contributed by atoms with Crippen molar-refractivity contribution in [1.82, 2.24) is 15.2 Å². The van der Waals surface area contributed by atoms with E-state index >= 15 is 0 Å². The van der Waals surface area contributed by atoms with Crippen LogP contribution in [0.5, 0.6) is 0 Å². The first-order valence-corrected chi connectivity index (χ1v) is 4.22. The fourth-order valence-corrected chi connectivity index (χ4v) is 1.46. The van der Waals surface area contributed by atoms with Crippen molar-refractivity contribution in [3.8, 4) is 0 Å². The zero-order valence-corrected chi connectivity index (χ0v) is 6.62. The van der Waals surface area contributed by atoms with Crippen LogP contribution in [0.2, 0.25) is 0 Å². The van der Waals surface area contributed by atoms with Gasteiger partial charge in [-0.15, -0.1) is 0 Å². The van der Waals surface area contributed by atoms with Crippen molar-refractivity contribution in [2.45, 2.75) is 18.8 Å². The highest BCUT2D eigenvalue weighted by Crippen LogP contribution is 2.39. The van der Waals surface area contributed by atoms with Crippen LogP contribution >= 0.6 is 0 Å². The van der Waals surface area contributed by atoms with E-state index in [-0.39, 0.29) is 0 Å². The predicted molar refractivity (Wildman–Crippen MR) is 45.9 cm³/mol. The van der Waals surface area contributed by atoms with E-state index in [0.29, 0.717) is 0 Å². The second kappa shape index (κ2) is 2.06. The highest BCUT2D eigenvalue weighted by Gasteiger charge is 2.24. The molecule has 2 aromatic heterocycles. The van der Waals surface area contributed by atoms with E-state index in [9.17, 15) is 0 Å². The second-order valence-electron chi connectivity index (χ2n) is 3.34. The van der Waals surface area contributed by atoms with E-state index in [0.717, 1.165) is 11.4 Å². The highest BCUT2D eigenvalue weighted by atomic mass is 15.1. The fraction of sp³-hybridized carbons (Fsp3) is 0.333. The summed E-state index contributed by atoms with van der Waals surface area (Å²) >= 11 is 0. The van der Waals surface area contributed by atoms with Gasteiger partial charge in [-0.05, 0) is 18.9 Å². The van der Waals surface area contributed by atoms with Gasteiger partial charge in [0.25, 0.3) is 0 Å². The molecule has 1 aliphatic rings. The lowest BCUT2D eigenvalue weighted by Crippen LogP contribution is -1.84. The number of hydrogen-bond donors (Lipinski definition) is 1. The van der Waals surface area contributed by atoms with Crippen LogP contribution in [-0.4, -0.2) is 15.2 Å². The molecule has 2 aromatic rings. The molecule has 0 radical (unpaired) electrons. The molecule has 0 saturated heterocycles. The molecule has 3 rings (SSSR count). The van der Waals surface area contributed by atoms with Crippen LogP contribution in [0, 0.1) is 0 Å². The summed E-state index contributed by atoms with van der Waals surface area (Å²) in [5.41, 5.74) is 2.25. The van der Waals surface area contributed by atoms with E-state index in [1.807, 2.05) is 12.4 Å². The molecule has 0 atom stereocenters. The van der Waals surface area contributed by atoms with E-state index < -0.39 is 0 Å². The summed E-state index contributed by atoms with van der Waals surface area (Å²) in [7, 11) is 0. The minimum Gasteiger partial charge on any atom is -0.276 e. The van der Waals surface area contributed by atoms with Gasteiger partial charge in [0, 0.05) is 17.0 Å². The van der Waals surface area contributed by atoms with Crippen molar-refractivity contribution < 1.29 is 0 Å². The van der Waals surface area contributed by atoms with Gasteiger partial charge in [0.1, 0.15) is 0 Å². The number of aromatic amines is 1. The van der Waals surface area contributed by atoms with Crippen molar-refractivity contribution in [2.24, 2.45) is 0 Å². The number of rotatable bonds is 1. The molecule has 0 aliphatic heterocycles. The summed E-state index contributed by atoms with van der Waals surface area (Å²) in [5.74, 6) is 0.726. The highest BCUT2D eigenvalue weighted by molar-refractivity contribution is 5.77. The second-order valence-corrected chi connectivity index (χ2v) is 3.34. The van der Waals surface area contributed by atoms with Crippen LogP contribution in [0.15, 0.2) is 18.5 Å². The van der Waals surface area contributed by atoms with E-state index in [4.69, 9.17) is 0 Å². The first kappa shape index (κ1) is 6.17. The lowest BCUT2D eigenvalue weighted by Gasteiger charge is -1.94. The lowest BCUT2D eigenvalue weighted by atomic mass is 10.2. The Morgan fingerprint density at radius 3 is 3.08 bits per heavy atom. The van der Waals surface area contributed by atoms with Gasteiger partial charge >= 0.3 is 0 Å². The molecule has 60 valence electrons.